The van der Waals surface area contributed by atoms with Crippen molar-refractivity contribution in [1.29, 1.82) is 0 Å². The molecule has 6 nitrogen and oxygen atoms in total. The van der Waals surface area contributed by atoms with Gasteiger partial charge in [-0.25, -0.2) is 0 Å². The lowest BCUT2D eigenvalue weighted by Crippen LogP contribution is -2.43. The summed E-state index contributed by atoms with van der Waals surface area (Å²) in [7, 11) is 0. The van der Waals surface area contributed by atoms with Crippen LogP contribution >= 0.6 is 12.2 Å². The van der Waals surface area contributed by atoms with Gasteiger partial charge in [0.15, 0.2) is 5.11 Å². The van der Waals surface area contributed by atoms with Gasteiger partial charge in [0, 0.05) is 44.2 Å². The Balaban J connectivity index is 1.21. The van der Waals surface area contributed by atoms with Crippen molar-refractivity contribution in [2.24, 2.45) is 5.92 Å². The number of piperidine rings is 1. The quantitative estimate of drug-likeness (QED) is 0.339. The Bertz CT molecular complexity index is 1300. The van der Waals surface area contributed by atoms with Crippen LogP contribution in [0.5, 0.6) is 0 Å². The predicted molar refractivity (Wildman–Crippen MR) is 169 cm³/mol. The predicted octanol–water partition coefficient (Wildman–Crippen LogP) is 6.46. The van der Waals surface area contributed by atoms with E-state index in [-0.39, 0.29) is 5.41 Å². The highest BCUT2D eigenvalue weighted by molar-refractivity contribution is 7.80. The van der Waals surface area contributed by atoms with E-state index in [1.54, 1.807) is 0 Å². The van der Waals surface area contributed by atoms with Crippen LogP contribution in [0.3, 0.4) is 0 Å². The Morgan fingerprint density at radius 3 is 2.30 bits per heavy atom. The van der Waals surface area contributed by atoms with E-state index >= 15 is 0 Å². The van der Waals surface area contributed by atoms with Gasteiger partial charge in [0.1, 0.15) is 11.6 Å². The molecule has 40 heavy (non-hydrogen) atoms. The van der Waals surface area contributed by atoms with E-state index in [4.69, 9.17) is 22.2 Å². The molecule has 1 aromatic heterocycles. The molecule has 3 aromatic rings. The zero-order chi connectivity index (χ0) is 27.4. The van der Waals surface area contributed by atoms with Crippen molar-refractivity contribution < 1.29 is 0 Å². The summed E-state index contributed by atoms with van der Waals surface area (Å²) in [5.74, 6) is 3.31. The van der Waals surface area contributed by atoms with Gasteiger partial charge in [0.25, 0.3) is 0 Å². The van der Waals surface area contributed by atoms with Crippen molar-refractivity contribution in [3.8, 4) is 0 Å². The molecule has 210 valence electrons. The molecule has 0 atom stereocenters. The van der Waals surface area contributed by atoms with Crippen LogP contribution in [0, 0.1) is 5.92 Å². The first-order valence-electron chi connectivity index (χ1n) is 15.1. The van der Waals surface area contributed by atoms with E-state index in [9.17, 15) is 0 Å². The number of nitrogens with zero attached hydrogens (tertiary/aromatic N) is 4. The average molecular weight is 555 g/mol. The van der Waals surface area contributed by atoms with Gasteiger partial charge in [-0.1, -0.05) is 80.8 Å². The van der Waals surface area contributed by atoms with Gasteiger partial charge in [-0.3, -0.25) is 0 Å². The van der Waals surface area contributed by atoms with E-state index < -0.39 is 0 Å². The molecule has 2 aliphatic heterocycles. The highest BCUT2D eigenvalue weighted by atomic mass is 32.1. The minimum atomic E-state index is 0.116. The summed E-state index contributed by atoms with van der Waals surface area (Å²) >= 11 is 5.84. The third-order valence-corrected chi connectivity index (χ3v) is 9.52. The molecule has 0 radical (unpaired) electrons. The number of anilines is 3. The fraction of sp³-hybridized carbons (Fsp3) is 0.485. The van der Waals surface area contributed by atoms with E-state index in [1.165, 1.54) is 61.6 Å². The summed E-state index contributed by atoms with van der Waals surface area (Å²) in [6.45, 7) is 7.05. The standard InChI is InChI=1S/C33H42N6S/c1-25-14-19-38(20-15-25)29-22-30(39-21-16-26-10-6-7-11-27(26)23-39)36-31(35-29)37-32(40)34-24-33(17-8-3-9-18-33)28-12-4-2-5-13-28/h2,4-7,10-13,22,25H,3,8-9,14-21,23-24H2,1H3,(H2,34,35,36,37,40). The molecule has 0 unspecified atom stereocenters. The SMILES string of the molecule is CC1CCN(c2cc(N3CCc4ccccc4C3)nc(NC(=S)NCC3(c4ccccc4)CCCCC3)n2)CC1. The van der Waals surface area contributed by atoms with Gasteiger partial charge < -0.3 is 20.4 Å². The summed E-state index contributed by atoms with van der Waals surface area (Å²) in [6, 6.07) is 21.9. The molecular formula is C33H42N6S. The molecule has 2 aromatic carbocycles. The molecule has 0 bridgehead atoms. The number of hydrogen-bond donors (Lipinski definition) is 2. The number of fused-ring (bicyclic) bond motifs is 1. The first-order valence-corrected chi connectivity index (χ1v) is 15.5. The Kier molecular flexibility index (Phi) is 8.19. The molecule has 1 aliphatic carbocycles. The molecule has 2 N–H and O–H groups in total. The van der Waals surface area contributed by atoms with Gasteiger partial charge in [0.05, 0.1) is 0 Å². The number of thiocarbonyl (C=S) groups is 1. The summed E-state index contributed by atoms with van der Waals surface area (Å²) in [6.07, 6.45) is 9.63. The van der Waals surface area contributed by atoms with Gasteiger partial charge in [-0.2, -0.15) is 9.97 Å². The third-order valence-electron chi connectivity index (χ3n) is 9.27. The van der Waals surface area contributed by atoms with Crippen LogP contribution in [0.15, 0.2) is 60.7 Å². The first kappa shape index (κ1) is 27.0. The second kappa shape index (κ2) is 12.1. The van der Waals surface area contributed by atoms with Crippen LogP contribution in [0.1, 0.15) is 68.6 Å². The van der Waals surface area contributed by atoms with Crippen molar-refractivity contribution >= 4 is 34.9 Å². The second-order valence-corrected chi connectivity index (χ2v) is 12.4. The maximum Gasteiger partial charge on any atom is 0.232 e. The highest BCUT2D eigenvalue weighted by Gasteiger charge is 2.34. The molecule has 0 spiro atoms. The van der Waals surface area contributed by atoms with Crippen LogP contribution in [-0.2, 0) is 18.4 Å². The normalized spacial score (nSPS) is 19.1. The Morgan fingerprint density at radius 1 is 0.875 bits per heavy atom. The Hall–Kier alpha value is -3.19. The monoisotopic (exact) mass is 554 g/mol. The number of nitrogens with one attached hydrogen (secondary N) is 2. The molecule has 1 saturated heterocycles. The fourth-order valence-corrected chi connectivity index (χ4v) is 6.88. The summed E-state index contributed by atoms with van der Waals surface area (Å²) in [4.78, 5) is 14.8. The largest absolute Gasteiger partial charge is 0.361 e. The van der Waals surface area contributed by atoms with E-state index in [2.05, 4.69) is 88.0 Å². The number of rotatable bonds is 6. The highest BCUT2D eigenvalue weighted by Crippen LogP contribution is 2.39. The zero-order valence-electron chi connectivity index (χ0n) is 23.7. The van der Waals surface area contributed by atoms with Crippen LogP contribution in [0.4, 0.5) is 17.6 Å². The Labute approximate surface area is 244 Å². The van der Waals surface area contributed by atoms with Crippen molar-refractivity contribution in [2.45, 2.75) is 70.3 Å². The lowest BCUT2D eigenvalue weighted by Gasteiger charge is -2.38. The van der Waals surface area contributed by atoms with Crippen LogP contribution < -0.4 is 20.4 Å². The molecule has 2 fully saturated rings. The molecule has 6 rings (SSSR count). The van der Waals surface area contributed by atoms with Crippen LogP contribution in [0.2, 0.25) is 0 Å². The van der Waals surface area contributed by atoms with Gasteiger partial charge in [0.2, 0.25) is 5.95 Å². The maximum atomic E-state index is 5.84. The second-order valence-electron chi connectivity index (χ2n) is 12.0. The van der Waals surface area contributed by atoms with Gasteiger partial charge in [-0.05, 0) is 66.9 Å². The topological polar surface area (TPSA) is 56.3 Å². The maximum absolute atomic E-state index is 5.84. The van der Waals surface area contributed by atoms with Gasteiger partial charge in [-0.15, -0.1) is 0 Å². The van der Waals surface area contributed by atoms with Crippen LogP contribution in [-0.4, -0.2) is 41.3 Å². The summed E-state index contributed by atoms with van der Waals surface area (Å²) in [5, 5.41) is 7.55. The molecule has 3 aliphatic rings. The van der Waals surface area contributed by atoms with Crippen LogP contribution in [0.25, 0.3) is 0 Å². The number of aromatic nitrogens is 2. The van der Waals surface area contributed by atoms with Gasteiger partial charge >= 0.3 is 0 Å². The fourth-order valence-electron chi connectivity index (χ4n) is 6.71. The van der Waals surface area contributed by atoms with Crippen molar-refractivity contribution in [3.05, 3.63) is 77.4 Å². The lowest BCUT2D eigenvalue weighted by atomic mass is 9.69. The minimum absolute atomic E-state index is 0.116. The first-order chi connectivity index (χ1) is 19.6. The zero-order valence-corrected chi connectivity index (χ0v) is 24.6. The Morgan fingerprint density at radius 2 is 1.55 bits per heavy atom. The molecule has 7 heteroatoms. The summed E-state index contributed by atoms with van der Waals surface area (Å²) < 4.78 is 0. The van der Waals surface area contributed by atoms with Crippen molar-refractivity contribution in [2.75, 3.05) is 41.3 Å². The molecule has 3 heterocycles. The van der Waals surface area contributed by atoms with Crippen molar-refractivity contribution in [3.63, 3.8) is 0 Å². The molecular weight excluding hydrogens is 512 g/mol. The average Bonchev–Trinajstić information content (AvgIpc) is 3.01. The van der Waals surface area contributed by atoms with E-state index in [1.807, 2.05) is 0 Å². The van der Waals surface area contributed by atoms with E-state index in [0.717, 1.165) is 56.7 Å². The lowest BCUT2D eigenvalue weighted by molar-refractivity contribution is 0.292. The third kappa shape index (κ3) is 6.09. The number of benzene rings is 2. The van der Waals surface area contributed by atoms with Crippen molar-refractivity contribution in [1.82, 2.24) is 15.3 Å². The smallest absolute Gasteiger partial charge is 0.232 e. The summed E-state index contributed by atoms with van der Waals surface area (Å²) in [5.41, 5.74) is 4.35. The molecule has 1 saturated carbocycles. The number of hydrogen-bond acceptors (Lipinski definition) is 5. The van der Waals surface area contributed by atoms with E-state index in [0.29, 0.717) is 11.1 Å². The minimum Gasteiger partial charge on any atom is -0.361 e. The molecule has 0 amide bonds.